The summed E-state index contributed by atoms with van der Waals surface area (Å²) < 4.78 is 32.6. The number of rotatable bonds is 9. The lowest BCUT2D eigenvalue weighted by Gasteiger charge is -2.30. The van der Waals surface area contributed by atoms with E-state index < -0.39 is 15.9 Å². The van der Waals surface area contributed by atoms with E-state index in [2.05, 4.69) is 10.6 Å². The van der Waals surface area contributed by atoms with Crippen LogP contribution in [-0.2, 0) is 21.4 Å². The summed E-state index contributed by atoms with van der Waals surface area (Å²) in [7, 11) is -0.520. The molecular formula is C24H31N3O5S. The molecule has 2 N–H and O–H groups in total. The Hall–Kier alpha value is -2.91. The number of hydrogen-bond donors (Lipinski definition) is 2. The van der Waals surface area contributed by atoms with E-state index >= 15 is 0 Å². The van der Waals surface area contributed by atoms with Crippen molar-refractivity contribution in [1.29, 1.82) is 0 Å². The van der Waals surface area contributed by atoms with Gasteiger partial charge in [0.1, 0.15) is 5.75 Å². The highest BCUT2D eigenvalue weighted by atomic mass is 32.2. The summed E-state index contributed by atoms with van der Waals surface area (Å²) in [5.41, 5.74) is 1.09. The van der Waals surface area contributed by atoms with Crippen LogP contribution in [0.2, 0.25) is 0 Å². The third kappa shape index (κ3) is 6.55. The average molecular weight is 474 g/mol. The summed E-state index contributed by atoms with van der Waals surface area (Å²) in [6.45, 7) is 0.105. The highest BCUT2D eigenvalue weighted by Gasteiger charge is 2.29. The van der Waals surface area contributed by atoms with Crippen molar-refractivity contribution in [2.75, 3.05) is 20.7 Å². The monoisotopic (exact) mass is 473 g/mol. The van der Waals surface area contributed by atoms with Gasteiger partial charge in [-0.1, -0.05) is 37.5 Å². The Kier molecular flexibility index (Phi) is 8.46. The van der Waals surface area contributed by atoms with Crippen LogP contribution >= 0.6 is 0 Å². The van der Waals surface area contributed by atoms with Crippen LogP contribution in [0.25, 0.3) is 0 Å². The fraction of sp³-hybridized carbons (Fsp3) is 0.417. The molecule has 2 aromatic rings. The normalized spacial score (nSPS) is 14.6. The second kappa shape index (κ2) is 11.3. The van der Waals surface area contributed by atoms with Gasteiger partial charge in [0.05, 0.1) is 18.6 Å². The van der Waals surface area contributed by atoms with Crippen molar-refractivity contribution >= 4 is 21.8 Å². The summed E-state index contributed by atoms with van der Waals surface area (Å²) in [6.07, 6.45) is 4.87. The summed E-state index contributed by atoms with van der Waals surface area (Å²) in [5, 5.41) is 5.28. The molecule has 0 spiro atoms. The zero-order valence-electron chi connectivity index (χ0n) is 19.0. The number of sulfonamides is 1. The number of amides is 2. The standard InChI is InChI=1S/C24H31N3O5S/c1-27(20-8-4-3-5-9-20)33(30,31)22-10-6-7-19(15-22)24(29)26-17-23(28)25-16-18-11-13-21(32-2)14-12-18/h6-7,10-15,20H,3-5,8-9,16-17H2,1-2H3,(H,25,28)(H,26,29). The largest absolute Gasteiger partial charge is 0.497 e. The number of ether oxygens (including phenoxy) is 1. The van der Waals surface area contributed by atoms with Crippen molar-refractivity contribution in [1.82, 2.24) is 14.9 Å². The molecule has 2 amide bonds. The Bertz CT molecular complexity index is 1060. The first-order chi connectivity index (χ1) is 15.8. The second-order valence-electron chi connectivity index (χ2n) is 8.15. The zero-order valence-corrected chi connectivity index (χ0v) is 19.9. The number of carbonyl (C=O) groups excluding carboxylic acids is 2. The van der Waals surface area contributed by atoms with E-state index in [4.69, 9.17) is 4.74 Å². The number of methoxy groups -OCH3 is 1. The van der Waals surface area contributed by atoms with Crippen LogP contribution in [0, 0.1) is 0 Å². The Labute approximate surface area is 195 Å². The van der Waals surface area contributed by atoms with E-state index in [0.29, 0.717) is 6.54 Å². The number of nitrogens with one attached hydrogen (secondary N) is 2. The number of hydrogen-bond acceptors (Lipinski definition) is 5. The van der Waals surface area contributed by atoms with Crippen LogP contribution in [-0.4, -0.2) is 51.3 Å². The van der Waals surface area contributed by atoms with Crippen LogP contribution < -0.4 is 15.4 Å². The Morgan fingerprint density at radius 1 is 1.03 bits per heavy atom. The predicted molar refractivity (Wildman–Crippen MR) is 125 cm³/mol. The SMILES string of the molecule is COc1ccc(CNC(=O)CNC(=O)c2cccc(S(=O)(=O)N(C)C3CCCCC3)c2)cc1. The Morgan fingerprint density at radius 2 is 1.73 bits per heavy atom. The molecule has 1 aliphatic carbocycles. The maximum atomic E-state index is 13.1. The average Bonchev–Trinajstić information content (AvgIpc) is 2.86. The first kappa shape index (κ1) is 24.7. The maximum absolute atomic E-state index is 13.1. The Morgan fingerprint density at radius 3 is 2.39 bits per heavy atom. The molecule has 0 radical (unpaired) electrons. The lowest BCUT2D eigenvalue weighted by atomic mass is 9.96. The van der Waals surface area contributed by atoms with Crippen molar-refractivity contribution in [2.45, 2.75) is 49.6 Å². The molecule has 1 aliphatic rings. The van der Waals surface area contributed by atoms with Gasteiger partial charge in [0.2, 0.25) is 15.9 Å². The van der Waals surface area contributed by atoms with Crippen LogP contribution in [0.5, 0.6) is 5.75 Å². The lowest BCUT2D eigenvalue weighted by Crippen LogP contribution is -2.38. The van der Waals surface area contributed by atoms with Gasteiger partial charge in [0.25, 0.3) is 5.91 Å². The van der Waals surface area contributed by atoms with Crippen molar-refractivity contribution in [3.05, 3.63) is 59.7 Å². The molecule has 9 heteroatoms. The highest BCUT2D eigenvalue weighted by molar-refractivity contribution is 7.89. The van der Waals surface area contributed by atoms with Crippen LogP contribution in [0.4, 0.5) is 0 Å². The second-order valence-corrected chi connectivity index (χ2v) is 10.1. The molecule has 8 nitrogen and oxygen atoms in total. The van der Waals surface area contributed by atoms with E-state index in [9.17, 15) is 18.0 Å². The third-order valence-corrected chi connectivity index (χ3v) is 7.83. The quantitative estimate of drug-likeness (QED) is 0.583. The van der Waals surface area contributed by atoms with Gasteiger partial charge in [-0.2, -0.15) is 4.31 Å². The molecule has 1 saturated carbocycles. The van der Waals surface area contributed by atoms with E-state index in [1.54, 1.807) is 32.4 Å². The highest BCUT2D eigenvalue weighted by Crippen LogP contribution is 2.26. The van der Waals surface area contributed by atoms with E-state index in [-0.39, 0.29) is 29.0 Å². The molecule has 33 heavy (non-hydrogen) atoms. The summed E-state index contributed by atoms with van der Waals surface area (Å²) in [6, 6.07) is 13.2. The molecule has 0 unspecified atom stereocenters. The van der Waals surface area contributed by atoms with Gasteiger partial charge in [-0.15, -0.1) is 0 Å². The predicted octanol–water partition coefficient (Wildman–Crippen LogP) is 2.69. The molecule has 0 heterocycles. The first-order valence-corrected chi connectivity index (χ1v) is 12.5. The third-order valence-electron chi connectivity index (χ3n) is 5.92. The van der Waals surface area contributed by atoms with Gasteiger partial charge in [0, 0.05) is 25.2 Å². The smallest absolute Gasteiger partial charge is 0.251 e. The van der Waals surface area contributed by atoms with Crippen LogP contribution in [0.15, 0.2) is 53.4 Å². The molecule has 3 rings (SSSR count). The maximum Gasteiger partial charge on any atom is 0.251 e. The molecule has 2 aromatic carbocycles. The molecule has 0 aromatic heterocycles. The van der Waals surface area contributed by atoms with E-state index in [0.717, 1.165) is 43.4 Å². The van der Waals surface area contributed by atoms with Gasteiger partial charge >= 0.3 is 0 Å². The summed E-state index contributed by atoms with van der Waals surface area (Å²) in [4.78, 5) is 24.7. The molecular weight excluding hydrogens is 442 g/mol. The van der Waals surface area contributed by atoms with Crippen molar-refractivity contribution in [2.24, 2.45) is 0 Å². The minimum atomic E-state index is -3.71. The minimum Gasteiger partial charge on any atom is -0.497 e. The van der Waals surface area contributed by atoms with Crippen LogP contribution in [0.1, 0.15) is 48.0 Å². The fourth-order valence-electron chi connectivity index (χ4n) is 3.87. The van der Waals surface area contributed by atoms with Gasteiger partial charge in [-0.05, 0) is 48.7 Å². The van der Waals surface area contributed by atoms with Crippen LogP contribution in [0.3, 0.4) is 0 Å². The lowest BCUT2D eigenvalue weighted by molar-refractivity contribution is -0.120. The fourth-order valence-corrected chi connectivity index (χ4v) is 5.34. The van der Waals surface area contributed by atoms with Crippen molar-refractivity contribution in [3.8, 4) is 5.75 Å². The van der Waals surface area contributed by atoms with Crippen molar-refractivity contribution < 1.29 is 22.7 Å². The zero-order chi connectivity index (χ0) is 23.8. The molecule has 178 valence electrons. The van der Waals surface area contributed by atoms with Gasteiger partial charge in [-0.25, -0.2) is 8.42 Å². The van der Waals surface area contributed by atoms with Gasteiger partial charge in [0.15, 0.2) is 0 Å². The van der Waals surface area contributed by atoms with Gasteiger partial charge < -0.3 is 15.4 Å². The van der Waals surface area contributed by atoms with E-state index in [1.807, 2.05) is 12.1 Å². The molecule has 0 atom stereocenters. The summed E-state index contributed by atoms with van der Waals surface area (Å²) >= 11 is 0. The van der Waals surface area contributed by atoms with Gasteiger partial charge in [-0.3, -0.25) is 9.59 Å². The number of nitrogens with zero attached hydrogens (tertiary/aromatic N) is 1. The minimum absolute atomic E-state index is 0.0179. The van der Waals surface area contributed by atoms with Crippen molar-refractivity contribution in [3.63, 3.8) is 0 Å². The molecule has 0 bridgehead atoms. The molecule has 1 fully saturated rings. The Balaban J connectivity index is 1.55. The topological polar surface area (TPSA) is 105 Å². The molecule has 0 aliphatic heterocycles. The summed E-state index contributed by atoms with van der Waals surface area (Å²) in [5.74, 6) is -0.126. The van der Waals surface area contributed by atoms with E-state index in [1.165, 1.54) is 22.5 Å². The first-order valence-electron chi connectivity index (χ1n) is 11.1. The number of benzene rings is 2. The molecule has 0 saturated heterocycles. The number of carbonyl (C=O) groups is 2.